The average Bonchev–Trinajstić information content (AvgIpc) is 2.64. The van der Waals surface area contributed by atoms with Crippen molar-refractivity contribution in [2.45, 2.75) is 38.1 Å². The van der Waals surface area contributed by atoms with Crippen molar-refractivity contribution in [2.75, 3.05) is 0 Å². The molecule has 68 valence electrons. The maximum Gasteiger partial charge on any atom is 0.0104 e. The summed E-state index contributed by atoms with van der Waals surface area (Å²) in [6.45, 7) is 3.75. The first kappa shape index (κ1) is 8.31. The molecule has 2 N–H and O–H groups in total. The van der Waals surface area contributed by atoms with E-state index in [0.29, 0.717) is 6.04 Å². The molecule has 2 rings (SSSR count). The standard InChI is InChI=1S/C11H19N/c1-2-3-11(12)10-7-8-4-5-9(10)6-8/h2,8-11H,1,3-7,12H2. The smallest absolute Gasteiger partial charge is 0.0104 e. The summed E-state index contributed by atoms with van der Waals surface area (Å²) in [7, 11) is 0. The van der Waals surface area contributed by atoms with E-state index in [-0.39, 0.29) is 0 Å². The lowest BCUT2D eigenvalue weighted by Crippen LogP contribution is -2.32. The number of fused-ring (bicyclic) bond motifs is 2. The van der Waals surface area contributed by atoms with Crippen LogP contribution < -0.4 is 5.73 Å². The lowest BCUT2D eigenvalue weighted by atomic mass is 9.82. The van der Waals surface area contributed by atoms with Crippen LogP contribution in [0.2, 0.25) is 0 Å². The minimum Gasteiger partial charge on any atom is -0.327 e. The molecule has 0 radical (unpaired) electrons. The monoisotopic (exact) mass is 165 g/mol. The highest BCUT2D eigenvalue weighted by atomic mass is 14.7. The summed E-state index contributed by atoms with van der Waals surface area (Å²) in [4.78, 5) is 0. The van der Waals surface area contributed by atoms with E-state index in [2.05, 4.69) is 6.58 Å². The second kappa shape index (κ2) is 3.21. The molecular formula is C11H19N. The molecule has 2 aliphatic carbocycles. The van der Waals surface area contributed by atoms with Gasteiger partial charge in [-0.3, -0.25) is 0 Å². The fraction of sp³-hybridized carbons (Fsp3) is 0.818. The first-order valence-corrected chi connectivity index (χ1v) is 5.17. The first-order valence-electron chi connectivity index (χ1n) is 5.17. The zero-order chi connectivity index (χ0) is 8.55. The maximum atomic E-state index is 6.10. The average molecular weight is 165 g/mol. The first-order chi connectivity index (χ1) is 5.81. The fourth-order valence-electron chi connectivity index (χ4n) is 3.19. The molecule has 4 unspecified atom stereocenters. The molecule has 0 heterocycles. The van der Waals surface area contributed by atoms with Crippen molar-refractivity contribution < 1.29 is 0 Å². The van der Waals surface area contributed by atoms with Gasteiger partial charge < -0.3 is 5.73 Å². The normalized spacial score (nSPS) is 41.6. The minimum absolute atomic E-state index is 0.401. The SMILES string of the molecule is C=CCC(N)C1CC2CCC1C2. The van der Waals surface area contributed by atoms with E-state index >= 15 is 0 Å². The summed E-state index contributed by atoms with van der Waals surface area (Å²) < 4.78 is 0. The van der Waals surface area contributed by atoms with E-state index < -0.39 is 0 Å². The Morgan fingerprint density at radius 1 is 1.42 bits per heavy atom. The summed E-state index contributed by atoms with van der Waals surface area (Å²) in [5, 5.41) is 0. The predicted molar refractivity (Wildman–Crippen MR) is 51.7 cm³/mol. The zero-order valence-corrected chi connectivity index (χ0v) is 7.71. The van der Waals surface area contributed by atoms with Crippen molar-refractivity contribution >= 4 is 0 Å². The van der Waals surface area contributed by atoms with Crippen LogP contribution in [0.3, 0.4) is 0 Å². The van der Waals surface area contributed by atoms with Crippen LogP contribution in [0, 0.1) is 17.8 Å². The molecule has 0 aliphatic heterocycles. The number of rotatable bonds is 3. The highest BCUT2D eigenvalue weighted by Gasteiger charge is 2.41. The van der Waals surface area contributed by atoms with Crippen molar-refractivity contribution in [3.05, 3.63) is 12.7 Å². The summed E-state index contributed by atoms with van der Waals surface area (Å²) in [6, 6.07) is 0.401. The zero-order valence-electron chi connectivity index (χ0n) is 7.71. The van der Waals surface area contributed by atoms with E-state index in [1.165, 1.54) is 25.7 Å². The number of hydrogen-bond acceptors (Lipinski definition) is 1. The van der Waals surface area contributed by atoms with Crippen LogP contribution in [0.15, 0.2) is 12.7 Å². The lowest BCUT2D eigenvalue weighted by Gasteiger charge is -2.26. The molecule has 2 fully saturated rings. The molecule has 0 amide bonds. The summed E-state index contributed by atoms with van der Waals surface area (Å²) >= 11 is 0. The summed E-state index contributed by atoms with van der Waals surface area (Å²) in [5.41, 5.74) is 6.10. The topological polar surface area (TPSA) is 26.0 Å². The van der Waals surface area contributed by atoms with Gasteiger partial charge in [-0.1, -0.05) is 12.5 Å². The van der Waals surface area contributed by atoms with Gasteiger partial charge in [-0.25, -0.2) is 0 Å². The van der Waals surface area contributed by atoms with Gasteiger partial charge in [0, 0.05) is 6.04 Å². The van der Waals surface area contributed by atoms with Gasteiger partial charge in [0.05, 0.1) is 0 Å². The van der Waals surface area contributed by atoms with Crippen molar-refractivity contribution in [2.24, 2.45) is 23.5 Å². The Labute approximate surface area is 75.0 Å². The second-order valence-corrected chi connectivity index (χ2v) is 4.53. The third-order valence-electron chi connectivity index (χ3n) is 3.78. The van der Waals surface area contributed by atoms with Gasteiger partial charge in [0.1, 0.15) is 0 Å². The molecule has 2 bridgehead atoms. The van der Waals surface area contributed by atoms with Gasteiger partial charge >= 0.3 is 0 Å². The largest absolute Gasteiger partial charge is 0.327 e. The number of nitrogens with two attached hydrogens (primary N) is 1. The highest BCUT2D eigenvalue weighted by molar-refractivity contribution is 4.95. The van der Waals surface area contributed by atoms with Gasteiger partial charge in [-0.05, 0) is 43.4 Å². The van der Waals surface area contributed by atoms with Gasteiger partial charge in [-0.15, -0.1) is 6.58 Å². The van der Waals surface area contributed by atoms with Crippen LogP contribution in [-0.2, 0) is 0 Å². The summed E-state index contributed by atoms with van der Waals surface area (Å²) in [6.07, 6.45) is 8.77. The third kappa shape index (κ3) is 1.31. The lowest BCUT2D eigenvalue weighted by molar-refractivity contribution is 0.282. The quantitative estimate of drug-likeness (QED) is 0.638. The Morgan fingerprint density at radius 2 is 2.25 bits per heavy atom. The van der Waals surface area contributed by atoms with Crippen LogP contribution in [-0.4, -0.2) is 6.04 Å². The molecular weight excluding hydrogens is 146 g/mol. The Kier molecular flexibility index (Phi) is 2.22. The molecule has 1 heteroatoms. The molecule has 0 saturated heterocycles. The van der Waals surface area contributed by atoms with Crippen LogP contribution in [0.1, 0.15) is 32.1 Å². The molecule has 1 nitrogen and oxygen atoms in total. The van der Waals surface area contributed by atoms with Crippen molar-refractivity contribution in [3.8, 4) is 0 Å². The van der Waals surface area contributed by atoms with Gasteiger partial charge in [0.25, 0.3) is 0 Å². The van der Waals surface area contributed by atoms with Crippen LogP contribution in [0.25, 0.3) is 0 Å². The number of hydrogen-bond donors (Lipinski definition) is 1. The third-order valence-corrected chi connectivity index (χ3v) is 3.78. The molecule has 0 aromatic heterocycles. The van der Waals surface area contributed by atoms with Crippen molar-refractivity contribution in [1.82, 2.24) is 0 Å². The molecule has 0 aromatic rings. The molecule has 0 spiro atoms. The Balaban J connectivity index is 1.92. The Morgan fingerprint density at radius 3 is 2.75 bits per heavy atom. The molecule has 4 atom stereocenters. The van der Waals surface area contributed by atoms with Gasteiger partial charge in [0.15, 0.2) is 0 Å². The molecule has 0 aromatic carbocycles. The van der Waals surface area contributed by atoms with Gasteiger partial charge in [-0.2, -0.15) is 0 Å². The van der Waals surface area contributed by atoms with E-state index in [0.717, 1.165) is 24.2 Å². The fourth-order valence-corrected chi connectivity index (χ4v) is 3.19. The maximum absolute atomic E-state index is 6.10. The van der Waals surface area contributed by atoms with E-state index in [1.54, 1.807) is 0 Å². The predicted octanol–water partition coefficient (Wildman–Crippen LogP) is 2.33. The van der Waals surface area contributed by atoms with E-state index in [9.17, 15) is 0 Å². The minimum atomic E-state index is 0.401. The van der Waals surface area contributed by atoms with Crippen LogP contribution in [0.5, 0.6) is 0 Å². The van der Waals surface area contributed by atoms with E-state index in [4.69, 9.17) is 5.73 Å². The Bertz CT molecular complexity index is 176. The molecule has 2 aliphatic rings. The second-order valence-electron chi connectivity index (χ2n) is 4.53. The summed E-state index contributed by atoms with van der Waals surface area (Å²) in [5.74, 6) is 2.81. The van der Waals surface area contributed by atoms with Crippen LogP contribution in [0.4, 0.5) is 0 Å². The molecule has 2 saturated carbocycles. The Hall–Kier alpha value is -0.300. The molecule has 12 heavy (non-hydrogen) atoms. The highest BCUT2D eigenvalue weighted by Crippen LogP contribution is 2.49. The van der Waals surface area contributed by atoms with Crippen molar-refractivity contribution in [1.29, 1.82) is 0 Å². The van der Waals surface area contributed by atoms with E-state index in [1.807, 2.05) is 6.08 Å². The van der Waals surface area contributed by atoms with Crippen molar-refractivity contribution in [3.63, 3.8) is 0 Å². The van der Waals surface area contributed by atoms with Crippen LogP contribution >= 0.6 is 0 Å². The van der Waals surface area contributed by atoms with Gasteiger partial charge in [0.2, 0.25) is 0 Å².